The van der Waals surface area contributed by atoms with Gasteiger partial charge in [-0.25, -0.2) is 9.07 Å². The predicted octanol–water partition coefficient (Wildman–Crippen LogP) is 3.86. The second kappa shape index (κ2) is 6.85. The lowest BCUT2D eigenvalue weighted by atomic mass is 10.1. The number of carbonyl (C=O) groups is 2. The van der Waals surface area contributed by atoms with Gasteiger partial charge in [0.25, 0.3) is 5.91 Å². The Bertz CT molecular complexity index is 1030. The molecule has 0 radical (unpaired) electrons. The van der Waals surface area contributed by atoms with Crippen LogP contribution in [0, 0.1) is 5.82 Å². The van der Waals surface area contributed by atoms with Crippen LogP contribution in [-0.2, 0) is 9.59 Å². The first-order chi connectivity index (χ1) is 13.0. The molecule has 2 aromatic carbocycles. The average Bonchev–Trinajstić information content (AvgIpc) is 3.18. The van der Waals surface area contributed by atoms with Crippen molar-refractivity contribution in [1.29, 1.82) is 0 Å². The predicted molar refractivity (Wildman–Crippen MR) is 100.0 cm³/mol. The number of nitrogens with one attached hydrogen (secondary N) is 2. The first kappa shape index (κ1) is 17.2. The van der Waals surface area contributed by atoms with E-state index in [4.69, 9.17) is 11.6 Å². The summed E-state index contributed by atoms with van der Waals surface area (Å²) in [6, 6.07) is 12.0. The van der Waals surface area contributed by atoms with Crippen molar-refractivity contribution in [3.8, 4) is 11.1 Å². The van der Waals surface area contributed by atoms with Crippen LogP contribution in [0.25, 0.3) is 11.1 Å². The van der Waals surface area contributed by atoms with Gasteiger partial charge in [0, 0.05) is 5.56 Å². The number of amides is 2. The average molecular weight is 385 g/mol. The Morgan fingerprint density at radius 1 is 1.22 bits per heavy atom. The van der Waals surface area contributed by atoms with E-state index in [1.807, 2.05) is 0 Å². The number of rotatable bonds is 4. The molecule has 0 aliphatic carbocycles. The Morgan fingerprint density at radius 2 is 1.96 bits per heavy atom. The largest absolute Gasteiger partial charge is 0.325 e. The topological polar surface area (TPSA) is 76.0 Å². The van der Waals surface area contributed by atoms with Gasteiger partial charge in [0.15, 0.2) is 0 Å². The van der Waals surface area contributed by atoms with Crippen LogP contribution < -0.4 is 10.6 Å². The van der Waals surface area contributed by atoms with Gasteiger partial charge in [-0.15, -0.1) is 0 Å². The van der Waals surface area contributed by atoms with Crippen molar-refractivity contribution in [2.75, 3.05) is 10.6 Å². The Kier molecular flexibility index (Phi) is 4.37. The van der Waals surface area contributed by atoms with E-state index < -0.39 is 6.04 Å². The minimum absolute atomic E-state index is 0.0887. The Morgan fingerprint density at radius 3 is 2.70 bits per heavy atom. The van der Waals surface area contributed by atoms with Crippen molar-refractivity contribution in [2.45, 2.75) is 12.5 Å². The van der Waals surface area contributed by atoms with Crippen LogP contribution in [-0.4, -0.2) is 21.6 Å². The van der Waals surface area contributed by atoms with Crippen molar-refractivity contribution in [3.63, 3.8) is 0 Å². The third-order valence-corrected chi connectivity index (χ3v) is 4.65. The zero-order valence-corrected chi connectivity index (χ0v) is 14.7. The van der Waals surface area contributed by atoms with Crippen LogP contribution in [0.4, 0.5) is 15.9 Å². The molecule has 1 aromatic heterocycles. The highest BCUT2D eigenvalue weighted by molar-refractivity contribution is 6.33. The Labute approximate surface area is 158 Å². The van der Waals surface area contributed by atoms with E-state index in [1.165, 1.54) is 16.8 Å². The van der Waals surface area contributed by atoms with E-state index >= 15 is 0 Å². The van der Waals surface area contributed by atoms with Crippen molar-refractivity contribution in [2.24, 2.45) is 0 Å². The minimum atomic E-state index is -0.767. The molecular weight excluding hydrogens is 371 g/mol. The molecule has 0 saturated heterocycles. The molecule has 136 valence electrons. The quantitative estimate of drug-likeness (QED) is 0.717. The molecule has 6 nitrogen and oxygen atoms in total. The zero-order valence-electron chi connectivity index (χ0n) is 13.9. The number of hydrogen-bond acceptors (Lipinski definition) is 3. The molecule has 1 aliphatic heterocycles. The molecule has 0 spiro atoms. The highest BCUT2D eigenvalue weighted by Crippen LogP contribution is 2.35. The standard InChI is InChI=1S/C19H14ClFN4O2/c20-14-3-1-2-4-15(14)23-17(26)9-16-19(27)24-18-13(10-22-25(16)18)11-5-7-12(21)8-6-11/h1-8,10,16H,9H2,(H,23,26)(H,24,27)/t16-/m0/s1. The molecule has 0 unspecified atom stereocenters. The molecule has 4 rings (SSSR count). The van der Waals surface area contributed by atoms with Crippen LogP contribution >= 0.6 is 11.6 Å². The van der Waals surface area contributed by atoms with Gasteiger partial charge < -0.3 is 10.6 Å². The lowest BCUT2D eigenvalue weighted by molar-refractivity contribution is -0.123. The summed E-state index contributed by atoms with van der Waals surface area (Å²) in [5.74, 6) is -0.534. The molecule has 1 atom stereocenters. The summed E-state index contributed by atoms with van der Waals surface area (Å²) in [7, 11) is 0. The molecular formula is C19H14ClFN4O2. The molecule has 1 aliphatic rings. The fraction of sp³-hybridized carbons (Fsp3) is 0.105. The van der Waals surface area contributed by atoms with E-state index in [1.54, 1.807) is 42.6 Å². The Balaban J connectivity index is 1.55. The monoisotopic (exact) mass is 384 g/mol. The van der Waals surface area contributed by atoms with Gasteiger partial charge in [0.05, 0.1) is 23.3 Å². The number of nitrogens with zero attached hydrogens (tertiary/aromatic N) is 2. The number of hydrogen-bond donors (Lipinski definition) is 2. The van der Waals surface area contributed by atoms with Crippen molar-refractivity contribution in [1.82, 2.24) is 9.78 Å². The normalized spacial score (nSPS) is 15.3. The van der Waals surface area contributed by atoms with Gasteiger partial charge in [-0.1, -0.05) is 35.9 Å². The molecule has 2 N–H and O–H groups in total. The van der Waals surface area contributed by atoms with Crippen LogP contribution in [0.1, 0.15) is 12.5 Å². The van der Waals surface area contributed by atoms with Crippen LogP contribution in [0.3, 0.4) is 0 Å². The summed E-state index contributed by atoms with van der Waals surface area (Å²) in [5.41, 5.74) is 1.87. The lowest BCUT2D eigenvalue weighted by Gasteiger charge is -2.10. The van der Waals surface area contributed by atoms with Gasteiger partial charge in [-0.2, -0.15) is 5.10 Å². The number of carbonyl (C=O) groups excluding carboxylic acids is 2. The van der Waals surface area contributed by atoms with Gasteiger partial charge in [0.1, 0.15) is 17.7 Å². The van der Waals surface area contributed by atoms with E-state index in [0.717, 1.165) is 5.56 Å². The van der Waals surface area contributed by atoms with Crippen molar-refractivity contribution < 1.29 is 14.0 Å². The third kappa shape index (κ3) is 3.29. The first-order valence-electron chi connectivity index (χ1n) is 8.21. The number of benzene rings is 2. The molecule has 3 aromatic rings. The fourth-order valence-electron chi connectivity index (χ4n) is 2.99. The fourth-order valence-corrected chi connectivity index (χ4v) is 3.18. The molecule has 0 saturated carbocycles. The molecule has 8 heteroatoms. The van der Waals surface area contributed by atoms with Gasteiger partial charge in [-0.3, -0.25) is 9.59 Å². The molecule has 27 heavy (non-hydrogen) atoms. The SMILES string of the molecule is O=C(C[C@H]1C(=O)Nc2c(-c3ccc(F)cc3)cnn21)Nc1ccccc1Cl. The maximum atomic E-state index is 13.1. The van der Waals surface area contributed by atoms with E-state index in [9.17, 15) is 14.0 Å². The second-order valence-corrected chi connectivity index (χ2v) is 6.50. The van der Waals surface area contributed by atoms with E-state index in [-0.39, 0.29) is 24.1 Å². The van der Waals surface area contributed by atoms with E-state index in [2.05, 4.69) is 15.7 Å². The number of aromatic nitrogens is 2. The Hall–Kier alpha value is -3.19. The van der Waals surface area contributed by atoms with E-state index in [0.29, 0.717) is 22.1 Å². The van der Waals surface area contributed by atoms with Crippen LogP contribution in [0.5, 0.6) is 0 Å². The second-order valence-electron chi connectivity index (χ2n) is 6.10. The van der Waals surface area contributed by atoms with Crippen molar-refractivity contribution >= 4 is 34.9 Å². The van der Waals surface area contributed by atoms with Crippen LogP contribution in [0.2, 0.25) is 5.02 Å². The van der Waals surface area contributed by atoms with Gasteiger partial charge in [-0.05, 0) is 29.8 Å². The summed E-state index contributed by atoms with van der Waals surface area (Å²) >= 11 is 6.04. The molecule has 2 heterocycles. The number of fused-ring (bicyclic) bond motifs is 1. The summed E-state index contributed by atoms with van der Waals surface area (Å²) in [6.45, 7) is 0. The summed E-state index contributed by atoms with van der Waals surface area (Å²) in [6.07, 6.45) is 1.50. The summed E-state index contributed by atoms with van der Waals surface area (Å²) in [4.78, 5) is 24.7. The van der Waals surface area contributed by atoms with Crippen LogP contribution in [0.15, 0.2) is 54.7 Å². The zero-order chi connectivity index (χ0) is 19.0. The lowest BCUT2D eigenvalue weighted by Crippen LogP contribution is -2.23. The maximum Gasteiger partial charge on any atom is 0.251 e. The number of para-hydroxylation sites is 1. The maximum absolute atomic E-state index is 13.1. The van der Waals surface area contributed by atoms with Crippen molar-refractivity contribution in [3.05, 3.63) is 65.6 Å². The first-order valence-corrected chi connectivity index (χ1v) is 8.59. The summed E-state index contributed by atoms with van der Waals surface area (Å²) in [5, 5.41) is 10.1. The smallest absolute Gasteiger partial charge is 0.251 e. The third-order valence-electron chi connectivity index (χ3n) is 4.32. The van der Waals surface area contributed by atoms with Gasteiger partial charge in [0.2, 0.25) is 5.91 Å². The van der Waals surface area contributed by atoms with Gasteiger partial charge >= 0.3 is 0 Å². The molecule has 0 fully saturated rings. The highest BCUT2D eigenvalue weighted by atomic mass is 35.5. The molecule has 0 bridgehead atoms. The highest BCUT2D eigenvalue weighted by Gasteiger charge is 2.35. The summed E-state index contributed by atoms with van der Waals surface area (Å²) < 4.78 is 14.6. The number of anilines is 2. The number of halogens is 2. The minimum Gasteiger partial charge on any atom is -0.325 e. The molecule has 2 amide bonds.